The number of rotatable bonds is 6. The van der Waals surface area contributed by atoms with Crippen molar-refractivity contribution in [3.05, 3.63) is 63.9 Å². The first-order chi connectivity index (χ1) is 13.2. The smallest absolute Gasteiger partial charge is 0.208 e. The molecule has 0 aliphatic carbocycles. The molecule has 0 fully saturated rings. The number of fused-ring (bicyclic) bond motifs is 1. The number of hydrogen-bond acceptors (Lipinski definition) is 6. The molecule has 3 aromatic rings. The van der Waals surface area contributed by atoms with Gasteiger partial charge in [0.25, 0.3) is 0 Å². The van der Waals surface area contributed by atoms with E-state index in [-0.39, 0.29) is 6.79 Å². The molecule has 0 atom stereocenters. The Morgan fingerprint density at radius 1 is 1.30 bits per heavy atom. The third-order valence-electron chi connectivity index (χ3n) is 4.08. The molecule has 0 saturated carbocycles. The summed E-state index contributed by atoms with van der Waals surface area (Å²) in [6, 6.07) is 11.7. The van der Waals surface area contributed by atoms with Crippen LogP contribution in [0, 0.1) is 6.92 Å². The summed E-state index contributed by atoms with van der Waals surface area (Å²) < 4.78 is 16.7. The highest BCUT2D eigenvalue weighted by atomic mass is 35.5. The van der Waals surface area contributed by atoms with Gasteiger partial charge in [0, 0.05) is 21.9 Å². The lowest BCUT2D eigenvalue weighted by atomic mass is 10.1. The second kappa shape index (κ2) is 8.21. The molecule has 140 valence electrons. The minimum atomic E-state index is 0.257. The average Bonchev–Trinajstić information content (AvgIpc) is 3.13. The van der Waals surface area contributed by atoms with Crippen LogP contribution in [-0.2, 0) is 23.7 Å². The lowest BCUT2D eigenvalue weighted by Crippen LogP contribution is -2.12. The predicted octanol–water partition coefficient (Wildman–Crippen LogP) is 4.50. The van der Waals surface area contributed by atoms with Crippen LogP contribution in [0.5, 0.6) is 11.5 Å². The van der Waals surface area contributed by atoms with Crippen LogP contribution in [0.1, 0.15) is 22.5 Å². The molecule has 0 bridgehead atoms. The Morgan fingerprint density at radius 3 is 3.07 bits per heavy atom. The van der Waals surface area contributed by atoms with Gasteiger partial charge in [-0.3, -0.25) is 5.10 Å². The topological polar surface area (TPSA) is 69.3 Å². The molecule has 8 heteroatoms. The van der Waals surface area contributed by atoms with E-state index in [0.717, 1.165) is 28.2 Å². The van der Waals surface area contributed by atoms with Gasteiger partial charge in [-0.25, -0.2) is 4.98 Å². The number of nitrogens with one attached hydrogen (secondary N) is 1. The highest BCUT2D eigenvalue weighted by molar-refractivity contribution is 7.98. The van der Waals surface area contributed by atoms with Crippen LogP contribution in [0.15, 0.2) is 41.6 Å². The Balaban J connectivity index is 1.39. The lowest BCUT2D eigenvalue weighted by Gasteiger charge is -2.20. The van der Waals surface area contributed by atoms with Crippen LogP contribution in [0.2, 0.25) is 5.02 Å². The van der Waals surface area contributed by atoms with E-state index in [4.69, 9.17) is 25.8 Å². The molecule has 0 saturated heterocycles. The summed E-state index contributed by atoms with van der Waals surface area (Å²) in [5, 5.41) is 8.49. The maximum absolute atomic E-state index is 6.21. The Labute approximate surface area is 166 Å². The van der Waals surface area contributed by atoms with Crippen molar-refractivity contribution in [3.8, 4) is 11.5 Å². The standard InChI is InChI=1S/C19H18ClN3O3S/c1-12-4-2-3-5-16(12)25-9-17-21-19(23-22-17)27-10-14-7-15(20)6-13-8-24-11-26-18(13)14/h2-7H,8-11H2,1H3,(H,21,22,23). The van der Waals surface area contributed by atoms with E-state index < -0.39 is 0 Å². The Bertz CT molecular complexity index is 948. The molecule has 1 aliphatic rings. The molecular formula is C19H18ClN3O3S. The molecule has 1 aromatic heterocycles. The van der Waals surface area contributed by atoms with Gasteiger partial charge in [-0.15, -0.1) is 5.10 Å². The molecule has 2 heterocycles. The summed E-state index contributed by atoms with van der Waals surface area (Å²) in [6.07, 6.45) is 0. The monoisotopic (exact) mass is 403 g/mol. The fraction of sp³-hybridized carbons (Fsp3) is 0.263. The summed E-state index contributed by atoms with van der Waals surface area (Å²) in [4.78, 5) is 4.48. The Hall–Kier alpha value is -2.22. The molecule has 4 rings (SSSR count). The van der Waals surface area contributed by atoms with E-state index in [0.29, 0.717) is 35.0 Å². The molecular weight excluding hydrogens is 386 g/mol. The number of thioether (sulfide) groups is 1. The zero-order valence-corrected chi connectivity index (χ0v) is 16.3. The normalized spacial score (nSPS) is 13.1. The van der Waals surface area contributed by atoms with Gasteiger partial charge in [0.15, 0.2) is 12.6 Å². The number of para-hydroxylation sites is 1. The molecule has 0 unspecified atom stereocenters. The van der Waals surface area contributed by atoms with Crippen molar-refractivity contribution in [2.24, 2.45) is 0 Å². The quantitative estimate of drug-likeness (QED) is 0.611. The third kappa shape index (κ3) is 4.37. The second-order valence-electron chi connectivity index (χ2n) is 6.07. The maximum Gasteiger partial charge on any atom is 0.208 e. The summed E-state index contributed by atoms with van der Waals surface area (Å²) in [6.45, 7) is 3.11. The fourth-order valence-corrected chi connectivity index (χ4v) is 3.82. The number of aryl methyl sites for hydroxylation is 1. The van der Waals surface area contributed by atoms with Crippen LogP contribution >= 0.6 is 23.4 Å². The summed E-state index contributed by atoms with van der Waals surface area (Å²) in [7, 11) is 0. The van der Waals surface area contributed by atoms with Gasteiger partial charge in [-0.05, 0) is 30.7 Å². The lowest BCUT2D eigenvalue weighted by molar-refractivity contribution is -0.0168. The number of nitrogens with zero attached hydrogens (tertiary/aromatic N) is 2. The summed E-state index contributed by atoms with van der Waals surface area (Å²) in [5.41, 5.74) is 3.06. The first kappa shape index (κ1) is 18.2. The highest BCUT2D eigenvalue weighted by Crippen LogP contribution is 2.34. The minimum Gasteiger partial charge on any atom is -0.485 e. The van der Waals surface area contributed by atoms with Gasteiger partial charge in [0.2, 0.25) is 5.16 Å². The van der Waals surface area contributed by atoms with E-state index >= 15 is 0 Å². The van der Waals surface area contributed by atoms with Gasteiger partial charge in [-0.2, -0.15) is 0 Å². The van der Waals surface area contributed by atoms with Gasteiger partial charge < -0.3 is 14.2 Å². The van der Waals surface area contributed by atoms with Crippen LogP contribution in [-0.4, -0.2) is 22.0 Å². The van der Waals surface area contributed by atoms with Crippen LogP contribution in [0.3, 0.4) is 0 Å². The molecule has 2 aromatic carbocycles. The number of aromatic nitrogens is 3. The molecule has 1 aliphatic heterocycles. The first-order valence-electron chi connectivity index (χ1n) is 8.43. The maximum atomic E-state index is 6.21. The zero-order valence-electron chi connectivity index (χ0n) is 14.7. The van der Waals surface area contributed by atoms with Crippen molar-refractivity contribution < 1.29 is 14.2 Å². The van der Waals surface area contributed by atoms with Crippen LogP contribution in [0.25, 0.3) is 0 Å². The molecule has 1 N–H and O–H groups in total. The van der Waals surface area contributed by atoms with E-state index in [1.54, 1.807) is 0 Å². The van der Waals surface area contributed by atoms with Crippen LogP contribution < -0.4 is 9.47 Å². The van der Waals surface area contributed by atoms with Crippen LogP contribution in [0.4, 0.5) is 0 Å². The van der Waals surface area contributed by atoms with E-state index in [2.05, 4.69) is 15.2 Å². The van der Waals surface area contributed by atoms with E-state index in [1.165, 1.54) is 11.8 Å². The van der Waals surface area contributed by atoms with Gasteiger partial charge in [0.1, 0.15) is 18.1 Å². The SMILES string of the molecule is Cc1ccccc1OCc1nc(SCc2cc(Cl)cc3c2OCOC3)n[nH]1. The van der Waals surface area contributed by atoms with Gasteiger partial charge in [0.05, 0.1) is 6.61 Å². The summed E-state index contributed by atoms with van der Waals surface area (Å²) in [5.74, 6) is 3.02. The van der Waals surface area contributed by atoms with Gasteiger partial charge in [-0.1, -0.05) is 41.6 Å². The molecule has 0 amide bonds. The third-order valence-corrected chi connectivity index (χ3v) is 5.19. The number of benzene rings is 2. The second-order valence-corrected chi connectivity index (χ2v) is 7.45. The number of hydrogen-bond donors (Lipinski definition) is 1. The predicted molar refractivity (Wildman–Crippen MR) is 103 cm³/mol. The number of H-pyrrole nitrogens is 1. The highest BCUT2D eigenvalue weighted by Gasteiger charge is 2.17. The van der Waals surface area contributed by atoms with Crippen molar-refractivity contribution in [3.63, 3.8) is 0 Å². The molecule has 0 radical (unpaired) electrons. The fourth-order valence-electron chi connectivity index (χ4n) is 2.78. The number of halogens is 1. The van der Waals surface area contributed by atoms with Gasteiger partial charge >= 0.3 is 0 Å². The van der Waals surface area contributed by atoms with E-state index in [9.17, 15) is 0 Å². The zero-order chi connectivity index (χ0) is 18.6. The number of ether oxygens (including phenoxy) is 3. The molecule has 0 spiro atoms. The van der Waals surface area contributed by atoms with Crippen molar-refractivity contribution in [1.29, 1.82) is 0 Å². The number of aromatic amines is 1. The minimum absolute atomic E-state index is 0.257. The van der Waals surface area contributed by atoms with E-state index in [1.807, 2.05) is 43.3 Å². The largest absolute Gasteiger partial charge is 0.485 e. The Morgan fingerprint density at radius 2 is 2.19 bits per heavy atom. The molecule has 6 nitrogen and oxygen atoms in total. The van der Waals surface area contributed by atoms with Crippen molar-refractivity contribution in [2.45, 2.75) is 31.0 Å². The molecule has 27 heavy (non-hydrogen) atoms. The average molecular weight is 404 g/mol. The van der Waals surface area contributed by atoms with Crippen molar-refractivity contribution in [1.82, 2.24) is 15.2 Å². The Kier molecular flexibility index (Phi) is 5.52. The summed E-state index contributed by atoms with van der Waals surface area (Å²) >= 11 is 7.72. The van der Waals surface area contributed by atoms with Crippen molar-refractivity contribution >= 4 is 23.4 Å². The first-order valence-corrected chi connectivity index (χ1v) is 9.80. The van der Waals surface area contributed by atoms with Crippen molar-refractivity contribution in [2.75, 3.05) is 6.79 Å².